The molecule has 4 aromatic rings. The summed E-state index contributed by atoms with van der Waals surface area (Å²) >= 11 is 0. The molecule has 0 fully saturated rings. The quantitative estimate of drug-likeness (QED) is 0.591. The summed E-state index contributed by atoms with van der Waals surface area (Å²) in [7, 11) is 0. The third-order valence-corrected chi connectivity index (χ3v) is 4.67. The molecule has 0 aliphatic heterocycles. The molecule has 0 unspecified atom stereocenters. The van der Waals surface area contributed by atoms with E-state index in [4.69, 9.17) is 0 Å². The Labute approximate surface area is 159 Å². The highest BCUT2D eigenvalue weighted by Gasteiger charge is 2.17. The largest absolute Gasteiger partial charge is 0.324 e. The number of aryl methyl sites for hydroxylation is 2. The molecule has 1 N–H and O–H groups in total. The number of amides is 1. The summed E-state index contributed by atoms with van der Waals surface area (Å²) in [5.41, 5.74) is 2.21. The second kappa shape index (κ2) is 6.88. The summed E-state index contributed by atoms with van der Waals surface area (Å²) < 4.78 is 16.6. The van der Waals surface area contributed by atoms with Gasteiger partial charge >= 0.3 is 0 Å². The van der Waals surface area contributed by atoms with E-state index in [1.807, 2.05) is 19.1 Å². The number of carbonyl (C=O) groups is 1. The van der Waals surface area contributed by atoms with E-state index < -0.39 is 17.3 Å². The number of benzene rings is 2. The molecule has 0 spiro atoms. The Morgan fingerprint density at radius 3 is 2.64 bits per heavy atom. The molecule has 2 aromatic carbocycles. The fourth-order valence-corrected chi connectivity index (χ4v) is 3.27. The minimum Gasteiger partial charge on any atom is -0.324 e. The van der Waals surface area contributed by atoms with Crippen LogP contribution >= 0.6 is 0 Å². The van der Waals surface area contributed by atoms with Crippen LogP contribution in [0.15, 0.2) is 47.3 Å². The molecular formula is C20H18FN5O2. The van der Waals surface area contributed by atoms with Crippen LogP contribution in [0.25, 0.3) is 16.7 Å². The number of nitrogens with zero attached hydrogens (tertiary/aromatic N) is 4. The minimum atomic E-state index is -0.444. The Morgan fingerprint density at radius 1 is 1.14 bits per heavy atom. The van der Waals surface area contributed by atoms with E-state index in [2.05, 4.69) is 15.5 Å². The molecule has 8 heteroatoms. The normalized spacial score (nSPS) is 11.2. The Kier molecular flexibility index (Phi) is 4.38. The van der Waals surface area contributed by atoms with Crippen molar-refractivity contribution in [1.82, 2.24) is 19.2 Å². The van der Waals surface area contributed by atoms with Crippen LogP contribution in [0.4, 0.5) is 10.1 Å². The Balaban J connectivity index is 1.80. The van der Waals surface area contributed by atoms with Crippen molar-refractivity contribution in [3.63, 3.8) is 0 Å². The van der Waals surface area contributed by atoms with Gasteiger partial charge in [-0.05, 0) is 36.8 Å². The molecular weight excluding hydrogens is 361 g/mol. The van der Waals surface area contributed by atoms with Crippen LogP contribution in [0, 0.1) is 12.7 Å². The zero-order chi connectivity index (χ0) is 19.8. The Bertz CT molecular complexity index is 1280. The van der Waals surface area contributed by atoms with Crippen LogP contribution in [0.2, 0.25) is 0 Å². The summed E-state index contributed by atoms with van der Waals surface area (Å²) in [6.07, 6.45) is 0.619. The van der Waals surface area contributed by atoms with Crippen LogP contribution in [0.1, 0.15) is 18.3 Å². The summed E-state index contributed by atoms with van der Waals surface area (Å²) in [5.74, 6) is -0.198. The molecule has 7 nitrogen and oxygen atoms in total. The van der Waals surface area contributed by atoms with Crippen LogP contribution in [-0.4, -0.2) is 25.1 Å². The van der Waals surface area contributed by atoms with E-state index >= 15 is 0 Å². The maximum Gasteiger partial charge on any atom is 0.297 e. The van der Waals surface area contributed by atoms with Gasteiger partial charge in [0.25, 0.3) is 5.56 Å². The summed E-state index contributed by atoms with van der Waals surface area (Å²) in [6, 6.07) is 11.4. The number of anilines is 1. The highest BCUT2D eigenvalue weighted by Crippen LogP contribution is 2.18. The van der Waals surface area contributed by atoms with Gasteiger partial charge in [-0.25, -0.2) is 4.39 Å². The number of hydrogen-bond donors (Lipinski definition) is 1. The van der Waals surface area contributed by atoms with Gasteiger partial charge in [-0.15, -0.1) is 10.2 Å². The first-order chi connectivity index (χ1) is 13.5. The first-order valence-corrected chi connectivity index (χ1v) is 8.91. The van der Waals surface area contributed by atoms with E-state index in [0.717, 1.165) is 11.1 Å². The van der Waals surface area contributed by atoms with Crippen molar-refractivity contribution >= 4 is 28.3 Å². The third-order valence-electron chi connectivity index (χ3n) is 4.67. The first kappa shape index (κ1) is 17.8. The molecule has 0 aliphatic rings. The fourth-order valence-electron chi connectivity index (χ4n) is 3.27. The first-order valence-electron chi connectivity index (χ1n) is 8.91. The monoisotopic (exact) mass is 379 g/mol. The predicted molar refractivity (Wildman–Crippen MR) is 104 cm³/mol. The summed E-state index contributed by atoms with van der Waals surface area (Å²) in [5, 5.41) is 10.8. The number of hydrogen-bond acceptors (Lipinski definition) is 4. The number of halogens is 1. The van der Waals surface area contributed by atoms with Gasteiger partial charge in [0, 0.05) is 12.1 Å². The Hall–Kier alpha value is -3.55. The van der Waals surface area contributed by atoms with Gasteiger partial charge in [-0.1, -0.05) is 25.1 Å². The van der Waals surface area contributed by atoms with Gasteiger partial charge < -0.3 is 5.32 Å². The van der Waals surface area contributed by atoms with Crippen molar-refractivity contribution in [3.8, 4) is 0 Å². The number of rotatable bonds is 4. The lowest BCUT2D eigenvalue weighted by Crippen LogP contribution is -2.29. The average molecular weight is 379 g/mol. The molecule has 2 heterocycles. The fraction of sp³-hybridized carbons (Fsp3) is 0.200. The van der Waals surface area contributed by atoms with Gasteiger partial charge in [0.1, 0.15) is 18.2 Å². The van der Waals surface area contributed by atoms with E-state index in [0.29, 0.717) is 23.4 Å². The maximum absolute atomic E-state index is 13.5. The summed E-state index contributed by atoms with van der Waals surface area (Å²) in [4.78, 5) is 25.6. The molecule has 4 rings (SSSR count). The third kappa shape index (κ3) is 2.92. The minimum absolute atomic E-state index is 0.172. The van der Waals surface area contributed by atoms with E-state index in [9.17, 15) is 14.0 Å². The molecule has 0 radical (unpaired) electrons. The molecule has 0 bridgehead atoms. The van der Waals surface area contributed by atoms with Crippen molar-refractivity contribution < 1.29 is 9.18 Å². The number of carbonyl (C=O) groups excluding carboxylic acids is 1. The smallest absolute Gasteiger partial charge is 0.297 e. The number of fused-ring (bicyclic) bond motifs is 3. The van der Waals surface area contributed by atoms with E-state index in [-0.39, 0.29) is 12.2 Å². The van der Waals surface area contributed by atoms with Crippen molar-refractivity contribution in [2.24, 2.45) is 0 Å². The van der Waals surface area contributed by atoms with Crippen LogP contribution < -0.4 is 10.9 Å². The van der Waals surface area contributed by atoms with Crippen molar-refractivity contribution in [2.45, 2.75) is 26.8 Å². The molecule has 2 aromatic heterocycles. The molecule has 0 aliphatic carbocycles. The molecule has 0 saturated heterocycles. The second-order valence-corrected chi connectivity index (χ2v) is 6.52. The zero-order valence-electron chi connectivity index (χ0n) is 15.4. The second-order valence-electron chi connectivity index (χ2n) is 6.52. The van der Waals surface area contributed by atoms with Gasteiger partial charge in [0.05, 0.1) is 11.0 Å². The van der Waals surface area contributed by atoms with E-state index in [1.54, 1.807) is 29.5 Å². The highest BCUT2D eigenvalue weighted by atomic mass is 19.1. The topological polar surface area (TPSA) is 81.3 Å². The number of nitrogens with one attached hydrogen (secondary N) is 1. The van der Waals surface area contributed by atoms with E-state index in [1.165, 1.54) is 16.7 Å². The van der Waals surface area contributed by atoms with Crippen molar-refractivity contribution in [1.29, 1.82) is 0 Å². The lowest BCUT2D eigenvalue weighted by molar-refractivity contribution is -0.116. The molecule has 142 valence electrons. The van der Waals surface area contributed by atoms with Crippen molar-refractivity contribution in [2.75, 3.05) is 5.32 Å². The van der Waals surface area contributed by atoms with Gasteiger partial charge in [0.15, 0.2) is 0 Å². The van der Waals surface area contributed by atoms with Gasteiger partial charge in [0.2, 0.25) is 11.6 Å². The predicted octanol–water partition coefficient (Wildman–Crippen LogP) is 2.69. The molecule has 28 heavy (non-hydrogen) atoms. The maximum atomic E-state index is 13.5. The zero-order valence-corrected chi connectivity index (χ0v) is 15.4. The lowest BCUT2D eigenvalue weighted by atomic mass is 10.2. The van der Waals surface area contributed by atoms with Crippen LogP contribution in [-0.2, 0) is 17.8 Å². The average Bonchev–Trinajstić information content (AvgIpc) is 3.12. The number of para-hydroxylation sites is 2. The standard InChI is InChI=1S/C20H18FN5O2/c1-3-17-23-24-19-20(28)25(15-6-4-5-7-16(15)26(17)19)11-18(27)22-14-10-13(21)9-8-12(14)2/h4-10H,3,11H2,1-2H3,(H,22,27). The molecule has 0 atom stereocenters. The molecule has 0 saturated carbocycles. The van der Waals surface area contributed by atoms with Crippen LogP contribution in [0.5, 0.6) is 0 Å². The van der Waals surface area contributed by atoms with Gasteiger partial charge in [-0.3, -0.25) is 18.6 Å². The highest BCUT2D eigenvalue weighted by molar-refractivity contribution is 5.92. The van der Waals surface area contributed by atoms with Gasteiger partial charge in [-0.2, -0.15) is 0 Å². The SMILES string of the molecule is CCc1nnc2c(=O)n(CC(=O)Nc3cc(F)ccc3C)c3ccccc3n12. The lowest BCUT2D eigenvalue weighted by Gasteiger charge is -2.13. The number of aromatic nitrogens is 4. The summed E-state index contributed by atoms with van der Waals surface area (Å²) in [6.45, 7) is 3.48. The Morgan fingerprint density at radius 2 is 1.89 bits per heavy atom. The van der Waals surface area contributed by atoms with Crippen LogP contribution in [0.3, 0.4) is 0 Å². The van der Waals surface area contributed by atoms with Crippen molar-refractivity contribution in [3.05, 3.63) is 70.0 Å². The molecule has 1 amide bonds.